The van der Waals surface area contributed by atoms with Crippen molar-refractivity contribution in [2.45, 2.75) is 13.8 Å². The maximum absolute atomic E-state index is 5.70. The second kappa shape index (κ2) is 3.53. The Morgan fingerprint density at radius 2 is 2.45 bits per heavy atom. The van der Waals surface area contributed by atoms with Gasteiger partial charge < -0.3 is 5.73 Å². The third-order valence-electron chi connectivity index (χ3n) is 1.42. The van der Waals surface area contributed by atoms with Crippen LogP contribution in [-0.2, 0) is 0 Å². The van der Waals surface area contributed by atoms with Crippen molar-refractivity contribution >= 4 is 22.7 Å². The Bertz CT molecular complexity index is 263. The molecule has 11 heavy (non-hydrogen) atoms. The van der Waals surface area contributed by atoms with Crippen LogP contribution in [0.4, 0.5) is 5.69 Å². The molecule has 1 heterocycles. The molecule has 0 atom stereocenters. The van der Waals surface area contributed by atoms with Crippen LogP contribution in [0.3, 0.4) is 0 Å². The molecule has 0 aliphatic carbocycles. The summed E-state index contributed by atoms with van der Waals surface area (Å²) in [6.45, 7) is 4.84. The van der Waals surface area contributed by atoms with Gasteiger partial charge in [0.1, 0.15) is 0 Å². The number of anilines is 1. The van der Waals surface area contributed by atoms with E-state index in [-0.39, 0.29) is 0 Å². The molecule has 1 aromatic rings. The van der Waals surface area contributed by atoms with E-state index in [1.165, 1.54) is 0 Å². The maximum Gasteiger partial charge on any atom is 0.0707 e. The molecule has 0 aliphatic heterocycles. The molecule has 0 fully saturated rings. The summed E-state index contributed by atoms with van der Waals surface area (Å²) in [6.07, 6.45) is 0. The van der Waals surface area contributed by atoms with Gasteiger partial charge in [0.05, 0.1) is 16.3 Å². The monoisotopic (exact) mass is 168 g/mol. The van der Waals surface area contributed by atoms with Gasteiger partial charge in [-0.1, -0.05) is 0 Å². The Labute approximate surface area is 70.8 Å². The molecule has 0 spiro atoms. The van der Waals surface area contributed by atoms with E-state index in [4.69, 9.17) is 5.73 Å². The average molecular weight is 168 g/mol. The molecule has 0 aliphatic rings. The third-order valence-corrected chi connectivity index (χ3v) is 2.46. The van der Waals surface area contributed by atoms with E-state index in [1.807, 2.05) is 25.3 Å². The fourth-order valence-corrected chi connectivity index (χ4v) is 1.71. The van der Waals surface area contributed by atoms with Gasteiger partial charge in [0, 0.05) is 6.54 Å². The maximum atomic E-state index is 5.70. The lowest BCUT2D eigenvalue weighted by molar-refractivity contribution is 1.13. The number of nitrogens with zero attached hydrogens (tertiary/aromatic N) is 1. The van der Waals surface area contributed by atoms with E-state index < -0.39 is 0 Å². The van der Waals surface area contributed by atoms with Crippen molar-refractivity contribution in [3.8, 4) is 0 Å². The van der Waals surface area contributed by atoms with Gasteiger partial charge in [-0.3, -0.25) is 4.99 Å². The predicted octanol–water partition coefficient (Wildman–Crippen LogP) is 2.16. The second-order valence-electron chi connectivity index (χ2n) is 2.26. The van der Waals surface area contributed by atoms with Gasteiger partial charge in [-0.15, -0.1) is 11.3 Å². The molecule has 1 rings (SSSR count). The van der Waals surface area contributed by atoms with Crippen LogP contribution in [0, 0.1) is 0 Å². The lowest BCUT2D eigenvalue weighted by atomic mass is 10.3. The van der Waals surface area contributed by atoms with Crippen molar-refractivity contribution in [1.82, 2.24) is 0 Å². The van der Waals surface area contributed by atoms with Crippen molar-refractivity contribution in [2.75, 3.05) is 12.3 Å². The molecule has 0 saturated carbocycles. The summed E-state index contributed by atoms with van der Waals surface area (Å²) < 4.78 is 0. The Hall–Kier alpha value is -0.830. The van der Waals surface area contributed by atoms with E-state index in [9.17, 15) is 0 Å². The Kier molecular flexibility index (Phi) is 2.65. The van der Waals surface area contributed by atoms with Crippen LogP contribution in [0.2, 0.25) is 0 Å². The lowest BCUT2D eigenvalue weighted by Gasteiger charge is -1.96. The molecule has 0 amide bonds. The van der Waals surface area contributed by atoms with Gasteiger partial charge in [-0.05, 0) is 25.3 Å². The smallest absolute Gasteiger partial charge is 0.0707 e. The molecule has 3 heteroatoms. The van der Waals surface area contributed by atoms with Gasteiger partial charge in [0.15, 0.2) is 0 Å². The Morgan fingerprint density at radius 3 is 2.91 bits per heavy atom. The number of hydrogen-bond donors (Lipinski definition) is 1. The highest BCUT2D eigenvalue weighted by molar-refractivity contribution is 7.12. The molecule has 2 nitrogen and oxygen atoms in total. The van der Waals surface area contributed by atoms with Crippen molar-refractivity contribution in [1.29, 1.82) is 0 Å². The van der Waals surface area contributed by atoms with E-state index in [2.05, 4.69) is 4.99 Å². The van der Waals surface area contributed by atoms with Crippen molar-refractivity contribution in [2.24, 2.45) is 4.99 Å². The summed E-state index contributed by atoms with van der Waals surface area (Å²) in [5.74, 6) is 0. The predicted molar refractivity (Wildman–Crippen MR) is 51.5 cm³/mol. The van der Waals surface area contributed by atoms with Crippen molar-refractivity contribution < 1.29 is 0 Å². The fraction of sp³-hybridized carbons (Fsp3) is 0.375. The topological polar surface area (TPSA) is 38.4 Å². The quantitative estimate of drug-likeness (QED) is 0.675. The van der Waals surface area contributed by atoms with E-state index in [0.717, 1.165) is 22.8 Å². The van der Waals surface area contributed by atoms with E-state index in [1.54, 1.807) is 11.3 Å². The molecule has 0 unspecified atom stereocenters. The first kappa shape index (κ1) is 8.27. The summed E-state index contributed by atoms with van der Waals surface area (Å²) in [6, 6.07) is 1.91. The van der Waals surface area contributed by atoms with Crippen molar-refractivity contribution in [3.63, 3.8) is 0 Å². The molecule has 0 aromatic carbocycles. The summed E-state index contributed by atoms with van der Waals surface area (Å²) in [4.78, 5) is 5.38. The minimum atomic E-state index is 0.823. The zero-order valence-electron chi connectivity index (χ0n) is 6.79. The molecule has 2 N–H and O–H groups in total. The number of aliphatic imine (C=N–C) groups is 1. The molecule has 0 saturated heterocycles. The fourth-order valence-electron chi connectivity index (χ4n) is 0.922. The summed E-state index contributed by atoms with van der Waals surface area (Å²) in [5.41, 5.74) is 7.58. The minimum Gasteiger partial charge on any atom is -0.398 e. The number of nitrogen functional groups attached to an aromatic ring is 1. The zero-order valence-corrected chi connectivity index (χ0v) is 7.61. The molecular weight excluding hydrogens is 156 g/mol. The molecule has 0 bridgehead atoms. The average Bonchev–Trinajstić information content (AvgIpc) is 2.36. The van der Waals surface area contributed by atoms with Crippen LogP contribution < -0.4 is 5.73 Å². The minimum absolute atomic E-state index is 0.823. The molecule has 60 valence electrons. The summed E-state index contributed by atoms with van der Waals surface area (Å²) in [7, 11) is 0. The number of nitrogens with two attached hydrogens (primary N) is 1. The Morgan fingerprint density at radius 1 is 1.73 bits per heavy atom. The number of hydrogen-bond acceptors (Lipinski definition) is 3. The van der Waals surface area contributed by atoms with E-state index in [0.29, 0.717) is 0 Å². The van der Waals surface area contributed by atoms with Gasteiger partial charge in [0.25, 0.3) is 0 Å². The summed E-state index contributed by atoms with van der Waals surface area (Å²) >= 11 is 1.64. The molecule has 1 aromatic heterocycles. The second-order valence-corrected chi connectivity index (χ2v) is 3.18. The van der Waals surface area contributed by atoms with Gasteiger partial charge in [-0.2, -0.15) is 0 Å². The third kappa shape index (κ3) is 1.80. The highest BCUT2D eigenvalue weighted by Crippen LogP contribution is 2.19. The SMILES string of the molecule is CCN=C(C)c1sccc1N. The first-order valence-electron chi connectivity index (χ1n) is 3.60. The van der Waals surface area contributed by atoms with Gasteiger partial charge >= 0.3 is 0 Å². The first-order valence-corrected chi connectivity index (χ1v) is 4.48. The van der Waals surface area contributed by atoms with Crippen LogP contribution in [0.25, 0.3) is 0 Å². The van der Waals surface area contributed by atoms with Crippen LogP contribution in [0.5, 0.6) is 0 Å². The number of thiophene rings is 1. The first-order chi connectivity index (χ1) is 5.25. The summed E-state index contributed by atoms with van der Waals surface area (Å²) in [5, 5.41) is 1.99. The van der Waals surface area contributed by atoms with Crippen molar-refractivity contribution in [3.05, 3.63) is 16.3 Å². The highest BCUT2D eigenvalue weighted by atomic mass is 32.1. The van der Waals surface area contributed by atoms with Crippen LogP contribution in [0.1, 0.15) is 18.7 Å². The standard InChI is InChI=1S/C8H12N2S/c1-3-10-6(2)8-7(9)4-5-11-8/h4-5H,3,9H2,1-2H3. The van der Waals surface area contributed by atoms with Gasteiger partial charge in [0.2, 0.25) is 0 Å². The molecular formula is C8H12N2S. The van der Waals surface area contributed by atoms with E-state index >= 15 is 0 Å². The largest absolute Gasteiger partial charge is 0.398 e. The Balaban J connectivity index is 2.92. The number of rotatable bonds is 2. The van der Waals surface area contributed by atoms with Crippen LogP contribution in [0.15, 0.2) is 16.4 Å². The molecule has 0 radical (unpaired) electrons. The lowest BCUT2D eigenvalue weighted by Crippen LogP contribution is -1.96. The van der Waals surface area contributed by atoms with Gasteiger partial charge in [-0.25, -0.2) is 0 Å². The normalized spacial score (nSPS) is 12.0. The zero-order chi connectivity index (χ0) is 8.27. The highest BCUT2D eigenvalue weighted by Gasteiger charge is 2.02. The van der Waals surface area contributed by atoms with Crippen LogP contribution in [-0.4, -0.2) is 12.3 Å². The van der Waals surface area contributed by atoms with Crippen LogP contribution >= 0.6 is 11.3 Å².